The van der Waals surface area contributed by atoms with Gasteiger partial charge in [-0.1, -0.05) is 133 Å². The van der Waals surface area contributed by atoms with E-state index in [1.807, 2.05) is 0 Å². The van der Waals surface area contributed by atoms with E-state index >= 15 is 0 Å². The minimum Gasteiger partial charge on any atom is -0.0629 e. The Balaban J connectivity index is 1.79. The molecule has 0 spiro atoms. The summed E-state index contributed by atoms with van der Waals surface area (Å²) in [5.74, 6) is 0. The molecule has 1 unspecified atom stereocenters. The lowest BCUT2D eigenvalue weighted by Crippen LogP contribution is -2.47. The van der Waals surface area contributed by atoms with E-state index in [-0.39, 0.29) is 0 Å². The molecular weight excluding hydrogens is 448 g/mol. The smallest absolute Gasteiger partial charge is 0.0629 e. The quantitative estimate of drug-likeness (QED) is 0.218. The molecule has 0 aliphatic carbocycles. The Morgan fingerprint density at radius 1 is 0.528 bits per heavy atom. The normalized spacial score (nSPS) is 12.8. The summed E-state index contributed by atoms with van der Waals surface area (Å²) in [5, 5.41) is 3.00. The zero-order chi connectivity index (χ0) is 25.1. The van der Waals surface area contributed by atoms with Crippen LogP contribution in [0.3, 0.4) is 0 Å². The highest BCUT2D eigenvalue weighted by atomic mass is 28.3. The highest BCUT2D eigenvalue weighted by Crippen LogP contribution is 2.33. The molecule has 0 N–H and O–H groups in total. The van der Waals surface area contributed by atoms with Gasteiger partial charge in [-0.15, -0.1) is 0 Å². The van der Waals surface area contributed by atoms with Crippen LogP contribution in [0.1, 0.15) is 34.7 Å². The first-order valence-electron chi connectivity index (χ1n) is 12.9. The van der Waals surface area contributed by atoms with Crippen LogP contribution in [0.5, 0.6) is 0 Å². The summed E-state index contributed by atoms with van der Waals surface area (Å²) in [5.41, 5.74) is 11.4. The number of rotatable bonds is 6. The lowest BCUT2D eigenvalue weighted by Gasteiger charge is -2.29. The van der Waals surface area contributed by atoms with Crippen molar-refractivity contribution < 1.29 is 0 Å². The van der Waals surface area contributed by atoms with Crippen LogP contribution in [-0.2, 0) is 0 Å². The molecule has 5 aromatic carbocycles. The van der Waals surface area contributed by atoms with Crippen LogP contribution >= 0.6 is 0 Å². The highest BCUT2D eigenvalue weighted by Gasteiger charge is 2.29. The fourth-order valence-electron chi connectivity index (χ4n) is 5.67. The Labute approximate surface area is 217 Å². The van der Waals surface area contributed by atoms with Crippen molar-refractivity contribution in [2.24, 2.45) is 0 Å². The molecule has 5 aromatic rings. The van der Waals surface area contributed by atoms with Gasteiger partial charge in [-0.3, -0.25) is 0 Å². The summed E-state index contributed by atoms with van der Waals surface area (Å²) in [6, 6.07) is 44.9. The molecule has 2 atom stereocenters. The first-order chi connectivity index (χ1) is 17.5. The summed E-state index contributed by atoms with van der Waals surface area (Å²) in [7, 11) is -1.70. The third kappa shape index (κ3) is 4.72. The number of hydrogen-bond acceptors (Lipinski definition) is 0. The third-order valence-corrected chi connectivity index (χ3v) is 11.2. The van der Waals surface area contributed by atoms with E-state index in [1.54, 1.807) is 0 Å². The van der Waals surface area contributed by atoms with Gasteiger partial charge < -0.3 is 0 Å². The zero-order valence-electron chi connectivity index (χ0n) is 21.7. The van der Waals surface area contributed by atoms with Crippen LogP contribution in [0.25, 0.3) is 22.3 Å². The predicted molar refractivity (Wildman–Crippen MR) is 159 cm³/mol. The van der Waals surface area contributed by atoms with Gasteiger partial charge in [0.25, 0.3) is 0 Å². The summed E-state index contributed by atoms with van der Waals surface area (Å²) in [6.07, 6.45) is 0. The van der Waals surface area contributed by atoms with Gasteiger partial charge >= 0.3 is 0 Å². The number of aryl methyl sites for hydroxylation is 3. The summed E-state index contributed by atoms with van der Waals surface area (Å²) >= 11 is 0. The summed E-state index contributed by atoms with van der Waals surface area (Å²) in [4.78, 5) is 0. The molecule has 0 radical (unpaired) electrons. The Morgan fingerprint density at radius 3 is 1.72 bits per heavy atom. The summed E-state index contributed by atoms with van der Waals surface area (Å²) in [6.45, 7) is 9.22. The van der Waals surface area contributed by atoms with E-state index in [4.69, 9.17) is 0 Å². The van der Waals surface area contributed by atoms with Crippen molar-refractivity contribution in [3.8, 4) is 22.3 Å². The Morgan fingerprint density at radius 2 is 1.08 bits per heavy atom. The van der Waals surface area contributed by atoms with Crippen LogP contribution in [0.15, 0.2) is 121 Å². The standard InChI is InChI=1S/C35H34Si/c1-25-23-27(3)33(24-26(25)2)28(4)36(31-19-12-7-13-20-31)34-22-14-21-32(29-15-8-5-9-16-29)35(34)30-17-10-6-11-18-30/h5-24,28,36H,1-4H3/t28?,36-/m1/s1. The van der Waals surface area contributed by atoms with Crippen molar-refractivity contribution in [3.63, 3.8) is 0 Å². The Kier molecular flexibility index (Phi) is 7.02. The highest BCUT2D eigenvalue weighted by molar-refractivity contribution is 6.87. The van der Waals surface area contributed by atoms with Gasteiger partial charge in [0, 0.05) is 0 Å². The van der Waals surface area contributed by atoms with E-state index in [1.165, 1.54) is 54.9 Å². The molecule has 0 aromatic heterocycles. The maximum Gasteiger partial charge on any atom is 0.110 e. The molecule has 0 bridgehead atoms. The molecule has 5 rings (SSSR count). The maximum absolute atomic E-state index is 2.46. The molecule has 36 heavy (non-hydrogen) atoms. The van der Waals surface area contributed by atoms with Crippen LogP contribution in [0, 0.1) is 20.8 Å². The van der Waals surface area contributed by atoms with E-state index in [0.717, 1.165) is 0 Å². The molecule has 0 aliphatic heterocycles. The van der Waals surface area contributed by atoms with Gasteiger partial charge in [0.1, 0.15) is 8.80 Å². The first-order valence-corrected chi connectivity index (χ1v) is 14.7. The van der Waals surface area contributed by atoms with E-state index in [2.05, 4.69) is 149 Å². The number of hydrogen-bond donors (Lipinski definition) is 0. The van der Waals surface area contributed by atoms with Gasteiger partial charge in [-0.05, 0) is 76.0 Å². The van der Waals surface area contributed by atoms with Gasteiger partial charge in [0.15, 0.2) is 0 Å². The van der Waals surface area contributed by atoms with Gasteiger partial charge in [-0.25, -0.2) is 0 Å². The monoisotopic (exact) mass is 482 g/mol. The second kappa shape index (κ2) is 10.5. The van der Waals surface area contributed by atoms with Crippen molar-refractivity contribution in [3.05, 3.63) is 144 Å². The molecule has 0 heterocycles. The van der Waals surface area contributed by atoms with Gasteiger partial charge in [0.05, 0.1) is 0 Å². The van der Waals surface area contributed by atoms with Gasteiger partial charge in [-0.2, -0.15) is 0 Å². The molecule has 0 saturated carbocycles. The fraction of sp³-hybridized carbons (Fsp3) is 0.143. The van der Waals surface area contributed by atoms with Crippen LogP contribution in [-0.4, -0.2) is 8.80 Å². The van der Waals surface area contributed by atoms with Crippen LogP contribution in [0.2, 0.25) is 0 Å². The number of benzene rings is 5. The van der Waals surface area contributed by atoms with Gasteiger partial charge in [0.2, 0.25) is 0 Å². The topological polar surface area (TPSA) is 0 Å². The molecule has 1 heteroatoms. The lowest BCUT2D eigenvalue weighted by atomic mass is 9.94. The molecule has 0 fully saturated rings. The second-order valence-corrected chi connectivity index (χ2v) is 13.2. The lowest BCUT2D eigenvalue weighted by molar-refractivity contribution is 1.03. The molecular formula is C35H34Si. The average molecular weight is 483 g/mol. The minimum atomic E-state index is -1.70. The molecule has 0 amide bonds. The predicted octanol–water partition coefficient (Wildman–Crippen LogP) is 7.63. The maximum atomic E-state index is 2.46. The van der Waals surface area contributed by atoms with Crippen molar-refractivity contribution in [1.29, 1.82) is 0 Å². The fourth-order valence-corrected chi connectivity index (χ4v) is 9.45. The molecule has 178 valence electrons. The van der Waals surface area contributed by atoms with Crippen molar-refractivity contribution in [2.45, 2.75) is 33.2 Å². The average Bonchev–Trinajstić information content (AvgIpc) is 2.92. The van der Waals surface area contributed by atoms with E-state index in [0.29, 0.717) is 5.54 Å². The first kappa shape index (κ1) is 24.0. The Bertz CT molecular complexity index is 1450. The molecule has 0 saturated heterocycles. The SMILES string of the molecule is Cc1cc(C)c(C(C)[Si@H](c2ccccc2)c2cccc(-c3ccccc3)c2-c2ccccc2)cc1C. The summed E-state index contributed by atoms with van der Waals surface area (Å²) < 4.78 is 0. The largest absolute Gasteiger partial charge is 0.110 e. The van der Waals surface area contributed by atoms with E-state index < -0.39 is 8.80 Å². The third-order valence-electron chi connectivity index (χ3n) is 7.61. The zero-order valence-corrected chi connectivity index (χ0v) is 22.9. The van der Waals surface area contributed by atoms with Crippen molar-refractivity contribution in [2.75, 3.05) is 0 Å². The van der Waals surface area contributed by atoms with Crippen LogP contribution < -0.4 is 10.4 Å². The minimum absolute atomic E-state index is 0.445. The second-order valence-electron chi connectivity index (χ2n) is 9.97. The molecule has 0 aliphatic rings. The van der Waals surface area contributed by atoms with Crippen LogP contribution in [0.4, 0.5) is 0 Å². The Hall–Kier alpha value is -3.68. The molecule has 0 nitrogen and oxygen atoms in total. The van der Waals surface area contributed by atoms with E-state index in [9.17, 15) is 0 Å². The van der Waals surface area contributed by atoms with Crippen molar-refractivity contribution >= 4 is 19.2 Å². The van der Waals surface area contributed by atoms with Crippen molar-refractivity contribution in [1.82, 2.24) is 0 Å².